The summed E-state index contributed by atoms with van der Waals surface area (Å²) in [6, 6.07) is 13.3. The number of pyridine rings is 1. The molecule has 5 rings (SSSR count). The average Bonchev–Trinajstić information content (AvgIpc) is 3.42. The Labute approximate surface area is 269 Å². The Hall–Kier alpha value is -4.41. The summed E-state index contributed by atoms with van der Waals surface area (Å²) in [5.74, 6) is -4.68. The number of hydrogen-bond donors (Lipinski definition) is 1. The van der Waals surface area contributed by atoms with E-state index in [1.54, 1.807) is 12.1 Å². The van der Waals surface area contributed by atoms with E-state index < -0.39 is 64.4 Å². The van der Waals surface area contributed by atoms with Gasteiger partial charge in [0.15, 0.2) is 9.84 Å². The van der Waals surface area contributed by atoms with Gasteiger partial charge in [-0.2, -0.15) is 5.26 Å². The maximum absolute atomic E-state index is 14.8. The van der Waals surface area contributed by atoms with Crippen molar-refractivity contribution in [1.82, 2.24) is 10.3 Å². The molecule has 3 aromatic rings. The first kappa shape index (κ1) is 33.0. The van der Waals surface area contributed by atoms with Gasteiger partial charge in [0, 0.05) is 54.0 Å². The van der Waals surface area contributed by atoms with Gasteiger partial charge in [-0.15, -0.1) is 0 Å². The number of aromatic nitrogens is 1. The summed E-state index contributed by atoms with van der Waals surface area (Å²) in [7, 11) is -3.77. The maximum atomic E-state index is 14.8. The van der Waals surface area contributed by atoms with Crippen LogP contribution in [-0.4, -0.2) is 55.4 Å². The highest BCUT2D eigenvalue weighted by Crippen LogP contribution is 2.38. The largest absolute Gasteiger partial charge is 0.351 e. The predicted octanol–water partition coefficient (Wildman–Crippen LogP) is 4.97. The molecule has 1 aliphatic heterocycles. The zero-order chi connectivity index (χ0) is 33.2. The monoisotopic (exact) mass is 669 g/mol. The van der Waals surface area contributed by atoms with Crippen molar-refractivity contribution in [2.45, 2.75) is 67.5 Å². The van der Waals surface area contributed by atoms with Crippen LogP contribution in [-0.2, 0) is 24.2 Å². The molecule has 14 heteroatoms. The number of halogens is 3. The fraction of sp³-hybridized carbons (Fsp3) is 0.344. The number of hydrogen-bond acceptors (Lipinski definition) is 7. The molecule has 1 saturated heterocycles. The van der Waals surface area contributed by atoms with Crippen LogP contribution in [0.3, 0.4) is 0 Å². The molecule has 0 radical (unpaired) electrons. The topological polar surface area (TPSA) is 141 Å². The lowest BCUT2D eigenvalue weighted by Crippen LogP contribution is -2.53. The van der Waals surface area contributed by atoms with Gasteiger partial charge in [-0.05, 0) is 55.7 Å². The van der Waals surface area contributed by atoms with Crippen LogP contribution in [0, 0.1) is 11.3 Å². The van der Waals surface area contributed by atoms with Gasteiger partial charge in [-0.25, -0.2) is 22.2 Å². The molecule has 0 spiro atoms. The van der Waals surface area contributed by atoms with Crippen LogP contribution in [0.1, 0.15) is 55.7 Å². The number of nitriles is 1. The van der Waals surface area contributed by atoms with Crippen molar-refractivity contribution in [3.63, 3.8) is 0 Å². The Balaban J connectivity index is 1.65. The van der Waals surface area contributed by atoms with Crippen LogP contribution < -0.4 is 15.1 Å². The van der Waals surface area contributed by atoms with E-state index >= 15 is 0 Å². The minimum Gasteiger partial charge on any atom is -0.351 e. The zero-order valence-corrected chi connectivity index (χ0v) is 26.3. The molecule has 46 heavy (non-hydrogen) atoms. The molecule has 2 aliphatic rings. The Morgan fingerprint density at radius 2 is 1.83 bits per heavy atom. The minimum atomic E-state index is -3.77. The van der Waals surface area contributed by atoms with E-state index in [0.29, 0.717) is 0 Å². The van der Waals surface area contributed by atoms with Crippen LogP contribution in [0.4, 0.5) is 20.3 Å². The van der Waals surface area contributed by atoms with Crippen molar-refractivity contribution in [3.8, 4) is 6.07 Å². The quantitative estimate of drug-likeness (QED) is 0.357. The van der Waals surface area contributed by atoms with Gasteiger partial charge in [0.05, 0.1) is 16.5 Å². The minimum absolute atomic E-state index is 0.0112. The van der Waals surface area contributed by atoms with Crippen LogP contribution in [0.15, 0.2) is 71.8 Å². The number of nitrogens with zero attached hydrogens (tertiary/aromatic N) is 4. The van der Waals surface area contributed by atoms with E-state index in [0.717, 1.165) is 11.2 Å². The average molecular weight is 670 g/mol. The Kier molecular flexibility index (Phi) is 9.42. The summed E-state index contributed by atoms with van der Waals surface area (Å²) in [6.07, 6.45) is 1.53. The van der Waals surface area contributed by atoms with Crippen molar-refractivity contribution in [3.05, 3.63) is 83.0 Å². The lowest BCUT2D eigenvalue weighted by Gasteiger charge is -2.37. The molecule has 0 bridgehead atoms. The first-order valence-electron chi connectivity index (χ1n) is 14.5. The smallest absolute Gasteiger partial charge is 0.251 e. The standard InChI is InChI=1S/C32H30ClF2N5O5S/c1-46(44,45)23-6-4-5-22(18-23)39(31(43)26-9-10-28(41)40(26)27-17-20(19-36)13-16-37-27)29(24-7-2-3-8-25(24)33)30(42)38-21-11-14-32(34,35)15-12-21/h2-8,13,16-18,21,26,29H,9-12,14-15H2,1H3,(H,38,42). The lowest BCUT2D eigenvalue weighted by atomic mass is 9.91. The van der Waals surface area contributed by atoms with E-state index in [4.69, 9.17) is 11.6 Å². The molecule has 1 N–H and O–H groups in total. The molecule has 1 aromatic heterocycles. The molecule has 1 saturated carbocycles. The predicted molar refractivity (Wildman–Crippen MR) is 166 cm³/mol. The Bertz CT molecular complexity index is 1820. The third kappa shape index (κ3) is 7.03. The van der Waals surface area contributed by atoms with Crippen LogP contribution in [0.2, 0.25) is 5.02 Å². The third-order valence-corrected chi connectivity index (χ3v) is 9.60. The molecule has 2 heterocycles. The van der Waals surface area contributed by atoms with Crippen LogP contribution in [0.25, 0.3) is 0 Å². The second-order valence-electron chi connectivity index (χ2n) is 11.4. The summed E-state index contributed by atoms with van der Waals surface area (Å²) < 4.78 is 53.0. The molecule has 1 aliphatic carbocycles. The fourth-order valence-electron chi connectivity index (χ4n) is 5.81. The molecular weight excluding hydrogens is 640 g/mol. The van der Waals surface area contributed by atoms with Gasteiger partial charge >= 0.3 is 0 Å². The molecular formula is C32H30ClF2N5O5S. The first-order chi connectivity index (χ1) is 21.8. The number of nitrogens with one attached hydrogen (secondary N) is 1. The number of amides is 3. The number of anilines is 2. The van der Waals surface area contributed by atoms with Gasteiger partial charge in [-0.1, -0.05) is 35.9 Å². The van der Waals surface area contributed by atoms with Crippen LogP contribution in [0.5, 0.6) is 0 Å². The number of alkyl halides is 2. The highest BCUT2D eigenvalue weighted by atomic mass is 35.5. The van der Waals surface area contributed by atoms with Crippen molar-refractivity contribution >= 4 is 50.7 Å². The second-order valence-corrected chi connectivity index (χ2v) is 13.8. The van der Waals surface area contributed by atoms with E-state index in [9.17, 15) is 36.8 Å². The molecule has 3 amide bonds. The molecule has 2 unspecified atom stereocenters. The summed E-state index contributed by atoms with van der Waals surface area (Å²) in [6.45, 7) is 0. The van der Waals surface area contributed by atoms with Crippen LogP contribution >= 0.6 is 11.6 Å². The number of carbonyl (C=O) groups excluding carboxylic acids is 3. The number of rotatable bonds is 8. The molecule has 10 nitrogen and oxygen atoms in total. The van der Waals surface area contributed by atoms with E-state index in [-0.39, 0.29) is 58.2 Å². The molecule has 2 atom stereocenters. The number of benzene rings is 2. The maximum Gasteiger partial charge on any atom is 0.251 e. The summed E-state index contributed by atoms with van der Waals surface area (Å²) in [5.41, 5.74) is 0.433. The highest BCUT2D eigenvalue weighted by molar-refractivity contribution is 7.90. The lowest BCUT2D eigenvalue weighted by molar-refractivity contribution is -0.128. The number of carbonyl (C=O) groups is 3. The van der Waals surface area contributed by atoms with Gasteiger partial charge in [-0.3, -0.25) is 24.2 Å². The Morgan fingerprint density at radius 1 is 1.11 bits per heavy atom. The fourth-order valence-corrected chi connectivity index (χ4v) is 6.71. The summed E-state index contributed by atoms with van der Waals surface area (Å²) in [4.78, 5) is 48.5. The normalized spacial score (nSPS) is 18.9. The molecule has 2 aromatic carbocycles. The van der Waals surface area contributed by atoms with Gasteiger partial charge in [0.25, 0.3) is 5.91 Å². The third-order valence-electron chi connectivity index (χ3n) is 8.15. The van der Waals surface area contributed by atoms with E-state index in [2.05, 4.69) is 10.3 Å². The van der Waals surface area contributed by atoms with E-state index in [1.807, 2.05) is 6.07 Å². The second kappa shape index (κ2) is 13.1. The summed E-state index contributed by atoms with van der Waals surface area (Å²) >= 11 is 6.61. The molecule has 2 fully saturated rings. The zero-order valence-electron chi connectivity index (χ0n) is 24.7. The van der Waals surface area contributed by atoms with Gasteiger partial charge in [0.1, 0.15) is 17.9 Å². The van der Waals surface area contributed by atoms with Crippen molar-refractivity contribution in [2.75, 3.05) is 16.1 Å². The van der Waals surface area contributed by atoms with Crippen molar-refractivity contribution < 1.29 is 31.6 Å². The van der Waals surface area contributed by atoms with Crippen molar-refractivity contribution in [2.24, 2.45) is 0 Å². The summed E-state index contributed by atoms with van der Waals surface area (Å²) in [5, 5.41) is 12.4. The van der Waals surface area contributed by atoms with Gasteiger partial charge < -0.3 is 5.32 Å². The van der Waals surface area contributed by atoms with Crippen molar-refractivity contribution in [1.29, 1.82) is 5.26 Å². The molecule has 240 valence electrons. The Morgan fingerprint density at radius 3 is 2.50 bits per heavy atom. The highest BCUT2D eigenvalue weighted by Gasteiger charge is 2.45. The SMILES string of the molecule is CS(=O)(=O)c1cccc(N(C(=O)C2CCC(=O)N2c2cc(C#N)ccn2)C(C(=O)NC2CCC(F)(F)CC2)c2ccccc2Cl)c1. The van der Waals surface area contributed by atoms with Gasteiger partial charge in [0.2, 0.25) is 17.7 Å². The van der Waals surface area contributed by atoms with E-state index in [1.165, 1.54) is 59.6 Å². The first-order valence-corrected chi connectivity index (χ1v) is 16.8. The number of sulfone groups is 1.